The molecule has 2 aromatic carbocycles. The topological polar surface area (TPSA) is 75.6 Å². The molecular formula is C20H21F2NO4. The van der Waals surface area contributed by atoms with Crippen LogP contribution in [0.2, 0.25) is 0 Å². The lowest BCUT2D eigenvalue weighted by atomic mass is 9.91. The van der Waals surface area contributed by atoms with Gasteiger partial charge in [0.2, 0.25) is 0 Å². The summed E-state index contributed by atoms with van der Waals surface area (Å²) in [4.78, 5) is 23.5. The lowest BCUT2D eigenvalue weighted by Crippen LogP contribution is -2.55. The minimum atomic E-state index is -3.33. The predicted molar refractivity (Wildman–Crippen MR) is 95.5 cm³/mol. The van der Waals surface area contributed by atoms with Crippen LogP contribution in [0.1, 0.15) is 24.5 Å². The molecule has 5 nitrogen and oxygen atoms in total. The van der Waals surface area contributed by atoms with Gasteiger partial charge in [-0.1, -0.05) is 60.7 Å². The monoisotopic (exact) mass is 377 g/mol. The molecule has 0 saturated heterocycles. The summed E-state index contributed by atoms with van der Waals surface area (Å²) in [5.41, 5.74) is -1.10. The SMILES string of the molecule is C[C@@](CC(F)(F)Cc1ccccc1)(NC(=O)OCc1ccccc1)C(=O)O. The van der Waals surface area contributed by atoms with E-state index in [4.69, 9.17) is 4.74 Å². The van der Waals surface area contributed by atoms with Crippen molar-refractivity contribution < 1.29 is 28.2 Å². The summed E-state index contributed by atoms with van der Waals surface area (Å²) >= 11 is 0. The van der Waals surface area contributed by atoms with Crippen LogP contribution in [0.15, 0.2) is 60.7 Å². The third-order valence-corrected chi connectivity index (χ3v) is 3.98. The minimum absolute atomic E-state index is 0.0945. The second-order valence-corrected chi connectivity index (χ2v) is 6.52. The molecule has 1 atom stereocenters. The van der Waals surface area contributed by atoms with E-state index in [0.29, 0.717) is 11.1 Å². The molecule has 0 aromatic heterocycles. The number of rotatable bonds is 8. The number of amides is 1. The van der Waals surface area contributed by atoms with Crippen LogP contribution in [0.5, 0.6) is 0 Å². The van der Waals surface area contributed by atoms with Crippen LogP contribution in [0, 0.1) is 0 Å². The Morgan fingerprint density at radius 2 is 1.52 bits per heavy atom. The van der Waals surface area contributed by atoms with Gasteiger partial charge in [0, 0.05) is 12.8 Å². The number of hydrogen-bond donors (Lipinski definition) is 2. The zero-order valence-electron chi connectivity index (χ0n) is 14.8. The summed E-state index contributed by atoms with van der Waals surface area (Å²) in [5, 5.41) is 11.5. The van der Waals surface area contributed by atoms with E-state index >= 15 is 0 Å². The van der Waals surface area contributed by atoms with E-state index in [1.165, 1.54) is 12.1 Å². The summed E-state index contributed by atoms with van der Waals surface area (Å²) in [6.45, 7) is 0.945. The van der Waals surface area contributed by atoms with Gasteiger partial charge in [0.25, 0.3) is 5.92 Å². The first-order valence-corrected chi connectivity index (χ1v) is 8.34. The number of ether oxygens (including phenoxy) is 1. The number of halogens is 2. The van der Waals surface area contributed by atoms with E-state index in [-0.39, 0.29) is 6.61 Å². The third kappa shape index (κ3) is 6.36. The quantitative estimate of drug-likeness (QED) is 0.728. The molecule has 0 aliphatic heterocycles. The summed E-state index contributed by atoms with van der Waals surface area (Å²) in [7, 11) is 0. The molecule has 0 bridgehead atoms. The molecule has 0 aliphatic rings. The number of aliphatic carboxylic acids is 1. The zero-order chi connectivity index (χ0) is 19.9. The van der Waals surface area contributed by atoms with Gasteiger partial charge >= 0.3 is 12.1 Å². The number of carboxylic acid groups (broad SMARTS) is 1. The zero-order valence-corrected chi connectivity index (χ0v) is 14.8. The van der Waals surface area contributed by atoms with Crippen molar-refractivity contribution in [2.45, 2.75) is 37.8 Å². The molecule has 0 radical (unpaired) electrons. The molecule has 27 heavy (non-hydrogen) atoms. The van der Waals surface area contributed by atoms with E-state index in [1.54, 1.807) is 48.5 Å². The molecule has 7 heteroatoms. The van der Waals surface area contributed by atoms with Crippen molar-refractivity contribution in [3.05, 3.63) is 71.8 Å². The number of carboxylic acids is 1. The fourth-order valence-corrected chi connectivity index (χ4v) is 2.63. The molecule has 0 fully saturated rings. The fourth-order valence-electron chi connectivity index (χ4n) is 2.63. The molecule has 0 spiro atoms. The first-order valence-electron chi connectivity index (χ1n) is 8.34. The van der Waals surface area contributed by atoms with Gasteiger partial charge in [-0.25, -0.2) is 18.4 Å². The van der Waals surface area contributed by atoms with Gasteiger partial charge in [0.05, 0.1) is 0 Å². The number of carbonyl (C=O) groups excluding carboxylic acids is 1. The van der Waals surface area contributed by atoms with Gasteiger partial charge in [-0.3, -0.25) is 0 Å². The lowest BCUT2D eigenvalue weighted by Gasteiger charge is -2.30. The van der Waals surface area contributed by atoms with Crippen LogP contribution in [-0.4, -0.2) is 28.6 Å². The van der Waals surface area contributed by atoms with Crippen LogP contribution in [0.4, 0.5) is 13.6 Å². The fraction of sp³-hybridized carbons (Fsp3) is 0.300. The molecule has 2 N–H and O–H groups in total. The van der Waals surface area contributed by atoms with Gasteiger partial charge in [-0.2, -0.15) is 0 Å². The number of alkyl carbamates (subject to hydrolysis) is 1. The van der Waals surface area contributed by atoms with Crippen molar-refractivity contribution in [3.63, 3.8) is 0 Å². The average molecular weight is 377 g/mol. The number of carbonyl (C=O) groups is 2. The van der Waals surface area contributed by atoms with Gasteiger partial charge < -0.3 is 15.2 Å². The second kappa shape index (κ2) is 8.62. The van der Waals surface area contributed by atoms with Gasteiger partial charge in [0.1, 0.15) is 12.1 Å². The van der Waals surface area contributed by atoms with Crippen LogP contribution >= 0.6 is 0 Å². The number of benzene rings is 2. The molecule has 0 aliphatic carbocycles. The van der Waals surface area contributed by atoms with Crippen molar-refractivity contribution in [2.24, 2.45) is 0 Å². The molecule has 144 valence electrons. The molecule has 1 amide bonds. The van der Waals surface area contributed by atoms with Crippen LogP contribution in [0.25, 0.3) is 0 Å². The molecule has 0 heterocycles. The first-order chi connectivity index (χ1) is 12.7. The highest BCUT2D eigenvalue weighted by atomic mass is 19.3. The summed E-state index contributed by atoms with van der Waals surface area (Å²) in [6, 6.07) is 16.8. The smallest absolute Gasteiger partial charge is 0.408 e. The molecule has 2 rings (SSSR count). The Morgan fingerprint density at radius 3 is 2.04 bits per heavy atom. The first kappa shape index (κ1) is 20.4. The number of nitrogens with one attached hydrogen (secondary N) is 1. The molecule has 0 saturated carbocycles. The van der Waals surface area contributed by atoms with Crippen molar-refractivity contribution in [2.75, 3.05) is 0 Å². The largest absolute Gasteiger partial charge is 0.480 e. The summed E-state index contributed by atoms with van der Waals surface area (Å²) in [5.74, 6) is -4.90. The standard InChI is InChI=1S/C20H21F2NO4/c1-19(17(24)25,14-20(21,22)12-15-8-4-2-5-9-15)23-18(26)27-13-16-10-6-3-7-11-16/h2-11H,12-14H2,1H3,(H,23,26)(H,24,25)/t19-/m0/s1. The Kier molecular flexibility index (Phi) is 6.50. The molecule has 0 unspecified atom stereocenters. The van der Waals surface area contributed by atoms with Crippen molar-refractivity contribution in [1.29, 1.82) is 0 Å². The maximum absolute atomic E-state index is 14.4. The maximum Gasteiger partial charge on any atom is 0.408 e. The van der Waals surface area contributed by atoms with E-state index in [9.17, 15) is 23.5 Å². The van der Waals surface area contributed by atoms with Crippen LogP contribution in [-0.2, 0) is 22.6 Å². The number of hydrogen-bond acceptors (Lipinski definition) is 3. The van der Waals surface area contributed by atoms with E-state index < -0.39 is 36.4 Å². The van der Waals surface area contributed by atoms with Gasteiger partial charge in [0.15, 0.2) is 0 Å². The van der Waals surface area contributed by atoms with Gasteiger partial charge in [-0.15, -0.1) is 0 Å². The van der Waals surface area contributed by atoms with Crippen molar-refractivity contribution in [1.82, 2.24) is 5.32 Å². The Morgan fingerprint density at radius 1 is 1.00 bits per heavy atom. The lowest BCUT2D eigenvalue weighted by molar-refractivity contribution is -0.148. The predicted octanol–water partition coefficient (Wildman–Crippen LogP) is 4.02. The number of alkyl halides is 2. The highest BCUT2D eigenvalue weighted by Crippen LogP contribution is 2.30. The third-order valence-electron chi connectivity index (χ3n) is 3.98. The van der Waals surface area contributed by atoms with E-state index in [0.717, 1.165) is 6.92 Å². The highest BCUT2D eigenvalue weighted by molar-refractivity contribution is 5.84. The Hall–Kier alpha value is -2.96. The van der Waals surface area contributed by atoms with Crippen molar-refractivity contribution in [3.8, 4) is 0 Å². The average Bonchev–Trinajstić information content (AvgIpc) is 2.60. The normalized spacial score (nSPS) is 13.4. The van der Waals surface area contributed by atoms with E-state index in [2.05, 4.69) is 5.32 Å². The Bertz CT molecular complexity index is 768. The van der Waals surface area contributed by atoms with E-state index in [1.807, 2.05) is 0 Å². The minimum Gasteiger partial charge on any atom is -0.480 e. The van der Waals surface area contributed by atoms with Crippen LogP contribution in [0.3, 0.4) is 0 Å². The Labute approximate surface area is 156 Å². The summed E-state index contributed by atoms with van der Waals surface area (Å²) < 4.78 is 33.8. The summed E-state index contributed by atoms with van der Waals surface area (Å²) in [6.07, 6.45) is -2.76. The molecular weight excluding hydrogens is 356 g/mol. The molecule has 2 aromatic rings. The Balaban J connectivity index is 2.00. The van der Waals surface area contributed by atoms with Crippen LogP contribution < -0.4 is 5.32 Å². The van der Waals surface area contributed by atoms with Crippen molar-refractivity contribution >= 4 is 12.1 Å². The van der Waals surface area contributed by atoms with Gasteiger partial charge in [-0.05, 0) is 18.1 Å². The highest BCUT2D eigenvalue weighted by Gasteiger charge is 2.45. The maximum atomic E-state index is 14.4. The second-order valence-electron chi connectivity index (χ2n) is 6.52.